The smallest absolute Gasteiger partial charge is 0.227 e. The number of methoxy groups -OCH3 is 1. The molecule has 0 saturated heterocycles. The maximum Gasteiger partial charge on any atom is 0.227 e. The molecule has 0 aliphatic heterocycles. The molecule has 0 atom stereocenters. The number of ether oxygens (including phenoxy) is 2. The average Bonchev–Trinajstić information content (AvgIpc) is 2.50. The number of nitrogens with two attached hydrogens (primary N) is 1. The van der Waals surface area contributed by atoms with Crippen molar-refractivity contribution in [3.8, 4) is 17.4 Å². The van der Waals surface area contributed by atoms with E-state index in [-0.39, 0.29) is 0 Å². The second-order valence-electron chi connectivity index (χ2n) is 4.18. The van der Waals surface area contributed by atoms with E-state index in [0.29, 0.717) is 17.4 Å². The largest absolute Gasteiger partial charge is 0.497 e. The van der Waals surface area contributed by atoms with Crippen LogP contribution in [0, 0.1) is 0 Å². The Balaban J connectivity index is 2.27. The van der Waals surface area contributed by atoms with Gasteiger partial charge in [0.15, 0.2) is 0 Å². The summed E-state index contributed by atoms with van der Waals surface area (Å²) in [5, 5.41) is 0. The predicted octanol–water partition coefficient (Wildman–Crippen LogP) is 2.52. The molecular weight excluding hydrogens is 256 g/mol. The number of nitrogens with one attached hydrogen (secondary N) is 1. The van der Waals surface area contributed by atoms with E-state index in [2.05, 4.69) is 22.3 Å². The zero-order valence-corrected chi connectivity index (χ0v) is 11.6. The average molecular weight is 274 g/mol. The monoisotopic (exact) mass is 274 g/mol. The summed E-state index contributed by atoms with van der Waals surface area (Å²) in [4.78, 5) is 8.28. The van der Waals surface area contributed by atoms with Crippen molar-refractivity contribution >= 4 is 5.82 Å². The van der Waals surface area contributed by atoms with Gasteiger partial charge in [0.25, 0.3) is 0 Å². The summed E-state index contributed by atoms with van der Waals surface area (Å²) in [5.74, 6) is 8.03. The molecule has 6 nitrogen and oxygen atoms in total. The van der Waals surface area contributed by atoms with Crippen LogP contribution in [0.2, 0.25) is 0 Å². The normalized spacial score (nSPS) is 10.2. The van der Waals surface area contributed by atoms with Gasteiger partial charge in [0.1, 0.15) is 23.6 Å². The molecule has 1 aromatic heterocycles. The van der Waals surface area contributed by atoms with Crippen molar-refractivity contribution in [1.29, 1.82) is 0 Å². The molecule has 0 aliphatic carbocycles. The molecule has 1 aromatic carbocycles. The minimum Gasteiger partial charge on any atom is -0.497 e. The van der Waals surface area contributed by atoms with Crippen LogP contribution < -0.4 is 20.7 Å². The number of rotatable bonds is 6. The van der Waals surface area contributed by atoms with Gasteiger partial charge >= 0.3 is 0 Å². The van der Waals surface area contributed by atoms with Crippen molar-refractivity contribution in [3.05, 3.63) is 36.2 Å². The Labute approximate surface area is 117 Å². The van der Waals surface area contributed by atoms with E-state index in [0.717, 1.165) is 24.2 Å². The van der Waals surface area contributed by atoms with Gasteiger partial charge in [0.2, 0.25) is 5.88 Å². The molecule has 2 rings (SSSR count). The Morgan fingerprint density at radius 1 is 1.15 bits per heavy atom. The predicted molar refractivity (Wildman–Crippen MR) is 76.9 cm³/mol. The molecule has 0 aliphatic rings. The van der Waals surface area contributed by atoms with Gasteiger partial charge in [-0.2, -0.15) is 0 Å². The van der Waals surface area contributed by atoms with E-state index in [1.54, 1.807) is 7.11 Å². The van der Waals surface area contributed by atoms with Gasteiger partial charge in [-0.3, -0.25) is 0 Å². The van der Waals surface area contributed by atoms with Crippen molar-refractivity contribution in [3.63, 3.8) is 0 Å². The van der Waals surface area contributed by atoms with Crippen molar-refractivity contribution in [2.75, 3.05) is 12.5 Å². The minimum atomic E-state index is 0.514. The molecule has 2 aromatic rings. The third kappa shape index (κ3) is 3.16. The molecular formula is C14H18N4O2. The summed E-state index contributed by atoms with van der Waals surface area (Å²) < 4.78 is 10.9. The first-order valence-corrected chi connectivity index (χ1v) is 6.40. The summed E-state index contributed by atoms with van der Waals surface area (Å²) in [6, 6.07) is 7.31. The Hall–Kier alpha value is -2.34. The molecule has 0 saturated carbocycles. The highest BCUT2D eigenvalue weighted by molar-refractivity contribution is 5.49. The minimum absolute atomic E-state index is 0.514. The van der Waals surface area contributed by atoms with E-state index in [9.17, 15) is 0 Å². The van der Waals surface area contributed by atoms with Gasteiger partial charge < -0.3 is 14.9 Å². The zero-order valence-electron chi connectivity index (χ0n) is 11.6. The Kier molecular flexibility index (Phi) is 4.73. The highest BCUT2D eigenvalue weighted by atomic mass is 16.5. The van der Waals surface area contributed by atoms with Crippen LogP contribution >= 0.6 is 0 Å². The molecule has 1 heterocycles. The first-order chi connectivity index (χ1) is 9.78. The van der Waals surface area contributed by atoms with E-state index in [4.69, 9.17) is 15.3 Å². The molecule has 0 radical (unpaired) electrons. The van der Waals surface area contributed by atoms with E-state index >= 15 is 0 Å². The lowest BCUT2D eigenvalue weighted by molar-refractivity contribution is 0.411. The van der Waals surface area contributed by atoms with Crippen LogP contribution in [0.4, 0.5) is 5.82 Å². The number of hydrazine groups is 1. The van der Waals surface area contributed by atoms with Crippen LogP contribution in [0.25, 0.3) is 0 Å². The molecule has 3 N–H and O–H groups in total. The van der Waals surface area contributed by atoms with Crippen molar-refractivity contribution in [2.24, 2.45) is 5.84 Å². The second-order valence-corrected chi connectivity index (χ2v) is 4.18. The molecule has 0 spiro atoms. The lowest BCUT2D eigenvalue weighted by Gasteiger charge is -2.12. The summed E-state index contributed by atoms with van der Waals surface area (Å²) >= 11 is 0. The maximum atomic E-state index is 5.80. The second kappa shape index (κ2) is 6.72. The lowest BCUT2D eigenvalue weighted by atomic mass is 10.2. The number of benzene rings is 1. The third-order valence-corrected chi connectivity index (χ3v) is 2.82. The summed E-state index contributed by atoms with van der Waals surface area (Å²) in [6.07, 6.45) is 3.15. The number of anilines is 1. The first-order valence-electron chi connectivity index (χ1n) is 6.40. The summed E-state index contributed by atoms with van der Waals surface area (Å²) in [6.45, 7) is 2.07. The molecule has 0 fully saturated rings. The van der Waals surface area contributed by atoms with E-state index in [1.807, 2.05) is 24.3 Å². The molecule has 0 bridgehead atoms. The van der Waals surface area contributed by atoms with Crippen LogP contribution in [-0.2, 0) is 6.42 Å². The summed E-state index contributed by atoms with van der Waals surface area (Å²) in [7, 11) is 1.62. The highest BCUT2D eigenvalue weighted by Crippen LogP contribution is 2.28. The number of aromatic nitrogens is 2. The molecule has 0 amide bonds. The fourth-order valence-corrected chi connectivity index (χ4v) is 1.84. The summed E-state index contributed by atoms with van der Waals surface area (Å²) in [5.41, 5.74) is 3.44. The number of hydrogen-bond acceptors (Lipinski definition) is 6. The first kappa shape index (κ1) is 14.1. The fraction of sp³-hybridized carbons (Fsp3) is 0.286. The SMILES string of the molecule is CCCc1c(NN)ncnc1Oc1ccc(OC)cc1. The van der Waals surface area contributed by atoms with E-state index in [1.165, 1.54) is 6.33 Å². The molecule has 6 heteroatoms. The standard InChI is InChI=1S/C14H18N4O2/c1-3-4-12-13(18-15)16-9-17-14(12)20-11-7-5-10(19-2)6-8-11/h5-9H,3-4,15H2,1-2H3,(H,16,17,18). The number of hydrogen-bond donors (Lipinski definition) is 2. The van der Waals surface area contributed by atoms with E-state index < -0.39 is 0 Å². The van der Waals surface area contributed by atoms with Gasteiger partial charge in [-0.1, -0.05) is 13.3 Å². The maximum absolute atomic E-state index is 5.80. The van der Waals surface area contributed by atoms with Gasteiger partial charge in [-0.15, -0.1) is 0 Å². The van der Waals surface area contributed by atoms with Gasteiger partial charge in [-0.25, -0.2) is 15.8 Å². The zero-order chi connectivity index (χ0) is 14.4. The Morgan fingerprint density at radius 3 is 2.45 bits per heavy atom. The van der Waals surface area contributed by atoms with Crippen molar-refractivity contribution in [1.82, 2.24) is 9.97 Å². The van der Waals surface area contributed by atoms with Crippen molar-refractivity contribution < 1.29 is 9.47 Å². The Morgan fingerprint density at radius 2 is 1.85 bits per heavy atom. The fourth-order valence-electron chi connectivity index (χ4n) is 1.84. The van der Waals surface area contributed by atoms with Crippen LogP contribution in [0.15, 0.2) is 30.6 Å². The number of nitrogen functional groups attached to an aromatic ring is 1. The van der Waals surface area contributed by atoms with Crippen molar-refractivity contribution in [2.45, 2.75) is 19.8 Å². The number of nitrogens with zero attached hydrogens (tertiary/aromatic N) is 2. The quantitative estimate of drug-likeness (QED) is 0.622. The van der Waals surface area contributed by atoms with Gasteiger partial charge in [0.05, 0.1) is 12.7 Å². The van der Waals surface area contributed by atoms with Gasteiger partial charge in [0, 0.05) is 0 Å². The molecule has 106 valence electrons. The van der Waals surface area contributed by atoms with Crippen LogP contribution in [-0.4, -0.2) is 17.1 Å². The van der Waals surface area contributed by atoms with Crippen LogP contribution in [0.3, 0.4) is 0 Å². The highest BCUT2D eigenvalue weighted by Gasteiger charge is 2.12. The topological polar surface area (TPSA) is 82.3 Å². The van der Waals surface area contributed by atoms with Gasteiger partial charge in [-0.05, 0) is 30.7 Å². The van der Waals surface area contributed by atoms with Crippen LogP contribution in [0.1, 0.15) is 18.9 Å². The van der Waals surface area contributed by atoms with Crippen LogP contribution in [0.5, 0.6) is 17.4 Å². The third-order valence-electron chi connectivity index (χ3n) is 2.82. The lowest BCUT2D eigenvalue weighted by Crippen LogP contribution is -2.12. The molecule has 0 unspecified atom stereocenters. The molecule has 20 heavy (non-hydrogen) atoms. The Bertz CT molecular complexity index is 558.